The summed E-state index contributed by atoms with van der Waals surface area (Å²) < 4.78 is 5.60. The summed E-state index contributed by atoms with van der Waals surface area (Å²) in [5.41, 5.74) is 0. The van der Waals surface area contributed by atoms with E-state index in [1.165, 1.54) is 38.6 Å². The average Bonchev–Trinajstić information content (AvgIpc) is 2.68. The van der Waals surface area contributed by atoms with E-state index in [0.717, 1.165) is 38.3 Å². The molecule has 0 radical (unpaired) electrons. The van der Waals surface area contributed by atoms with Crippen LogP contribution in [0.5, 0.6) is 0 Å². The maximum atomic E-state index is 5.60. The topological polar surface area (TPSA) is 24.5 Å². The number of hydrogen-bond acceptors (Lipinski definition) is 3. The summed E-state index contributed by atoms with van der Waals surface area (Å²) in [5, 5.41) is 3.71. The van der Waals surface area contributed by atoms with Crippen molar-refractivity contribution in [2.45, 2.75) is 58.0 Å². The van der Waals surface area contributed by atoms with Gasteiger partial charge in [-0.15, -0.1) is 0 Å². The molecule has 0 aromatic heterocycles. The van der Waals surface area contributed by atoms with E-state index in [1.807, 2.05) is 0 Å². The summed E-state index contributed by atoms with van der Waals surface area (Å²) in [6.45, 7) is 9.90. The number of nitrogens with zero attached hydrogens (tertiary/aromatic N) is 1. The quantitative estimate of drug-likeness (QED) is 0.833. The first kappa shape index (κ1) is 14.3. The Kier molecular flexibility index (Phi) is 5.93. The summed E-state index contributed by atoms with van der Waals surface area (Å²) in [5.74, 6) is 0.939. The highest BCUT2D eigenvalue weighted by atomic mass is 16.5. The molecule has 0 bridgehead atoms. The Bertz CT molecular complexity index is 227. The summed E-state index contributed by atoms with van der Waals surface area (Å²) in [6, 6.07) is 1.45. The van der Waals surface area contributed by atoms with Gasteiger partial charge in [0.05, 0.1) is 6.61 Å². The number of hydrogen-bond donors (Lipinski definition) is 1. The fourth-order valence-electron chi connectivity index (χ4n) is 3.60. The maximum absolute atomic E-state index is 5.60. The Morgan fingerprint density at radius 2 is 2.06 bits per heavy atom. The molecule has 18 heavy (non-hydrogen) atoms. The van der Waals surface area contributed by atoms with Crippen molar-refractivity contribution >= 4 is 0 Å². The Morgan fingerprint density at radius 3 is 2.83 bits per heavy atom. The van der Waals surface area contributed by atoms with Gasteiger partial charge in [-0.25, -0.2) is 0 Å². The fraction of sp³-hybridized carbons (Fsp3) is 1.00. The molecule has 1 heterocycles. The van der Waals surface area contributed by atoms with Gasteiger partial charge in [0.2, 0.25) is 0 Å². The van der Waals surface area contributed by atoms with Crippen LogP contribution in [0.2, 0.25) is 0 Å². The van der Waals surface area contributed by atoms with E-state index >= 15 is 0 Å². The lowest BCUT2D eigenvalue weighted by molar-refractivity contribution is 0.0864. The molecule has 3 unspecified atom stereocenters. The molecule has 3 heteroatoms. The van der Waals surface area contributed by atoms with E-state index < -0.39 is 0 Å². The maximum Gasteiger partial charge on any atom is 0.0593 e. The SMILES string of the molecule is CCNC1CCC(CC)CC1N1CCCOCC1. The Labute approximate surface area is 112 Å². The van der Waals surface area contributed by atoms with Gasteiger partial charge in [-0.3, -0.25) is 4.90 Å². The molecule has 0 spiro atoms. The third kappa shape index (κ3) is 3.69. The van der Waals surface area contributed by atoms with Gasteiger partial charge in [-0.05, 0) is 38.1 Å². The first-order valence-electron chi connectivity index (χ1n) is 7.90. The number of likely N-dealkylation sites (N-methyl/N-ethyl adjacent to an activating group) is 1. The van der Waals surface area contributed by atoms with Gasteiger partial charge in [-0.2, -0.15) is 0 Å². The van der Waals surface area contributed by atoms with Crippen LogP contribution >= 0.6 is 0 Å². The lowest BCUT2D eigenvalue weighted by Crippen LogP contribution is -2.53. The van der Waals surface area contributed by atoms with E-state index in [1.54, 1.807) is 0 Å². The molecular formula is C15H30N2O. The number of ether oxygens (including phenoxy) is 1. The van der Waals surface area contributed by atoms with Crippen molar-refractivity contribution in [2.24, 2.45) is 5.92 Å². The lowest BCUT2D eigenvalue weighted by atomic mass is 9.80. The number of rotatable bonds is 4. The van der Waals surface area contributed by atoms with E-state index in [0.29, 0.717) is 6.04 Å². The smallest absolute Gasteiger partial charge is 0.0593 e. The molecule has 2 aliphatic rings. The second-order valence-electron chi connectivity index (χ2n) is 5.82. The Morgan fingerprint density at radius 1 is 1.17 bits per heavy atom. The highest BCUT2D eigenvalue weighted by Gasteiger charge is 2.33. The zero-order valence-corrected chi connectivity index (χ0v) is 12.2. The van der Waals surface area contributed by atoms with Crippen LogP contribution in [0.15, 0.2) is 0 Å². The first-order chi connectivity index (χ1) is 8.85. The van der Waals surface area contributed by atoms with Gasteiger partial charge in [0, 0.05) is 31.8 Å². The molecule has 1 N–H and O–H groups in total. The van der Waals surface area contributed by atoms with Gasteiger partial charge in [0.1, 0.15) is 0 Å². The van der Waals surface area contributed by atoms with Gasteiger partial charge >= 0.3 is 0 Å². The summed E-state index contributed by atoms with van der Waals surface area (Å²) in [4.78, 5) is 2.70. The molecule has 2 rings (SSSR count). The average molecular weight is 254 g/mol. The van der Waals surface area contributed by atoms with Crippen LogP contribution in [-0.2, 0) is 4.74 Å². The van der Waals surface area contributed by atoms with Crippen LogP contribution in [-0.4, -0.2) is 49.8 Å². The van der Waals surface area contributed by atoms with Gasteiger partial charge < -0.3 is 10.1 Å². The second-order valence-corrected chi connectivity index (χ2v) is 5.82. The predicted octanol–water partition coefficient (Wildman–Crippen LogP) is 2.27. The van der Waals surface area contributed by atoms with Crippen molar-refractivity contribution in [1.82, 2.24) is 10.2 Å². The number of nitrogens with one attached hydrogen (secondary N) is 1. The standard InChI is InChI=1S/C15H30N2O/c1-3-13-6-7-14(16-4-2)15(12-13)17-8-5-10-18-11-9-17/h13-16H,3-12H2,1-2H3. The zero-order chi connectivity index (χ0) is 12.8. The molecule has 0 amide bonds. The summed E-state index contributed by atoms with van der Waals surface area (Å²) in [7, 11) is 0. The summed E-state index contributed by atoms with van der Waals surface area (Å²) in [6.07, 6.45) is 6.70. The lowest BCUT2D eigenvalue weighted by Gasteiger charge is -2.42. The molecule has 1 saturated carbocycles. The van der Waals surface area contributed by atoms with E-state index in [2.05, 4.69) is 24.1 Å². The van der Waals surface area contributed by atoms with Gasteiger partial charge in [0.15, 0.2) is 0 Å². The summed E-state index contributed by atoms with van der Waals surface area (Å²) >= 11 is 0. The highest BCUT2D eigenvalue weighted by Crippen LogP contribution is 2.30. The molecule has 1 aliphatic carbocycles. The van der Waals surface area contributed by atoms with Crippen LogP contribution in [0.4, 0.5) is 0 Å². The van der Waals surface area contributed by atoms with Crippen molar-refractivity contribution in [3.8, 4) is 0 Å². The highest BCUT2D eigenvalue weighted by molar-refractivity contribution is 4.91. The van der Waals surface area contributed by atoms with E-state index in [9.17, 15) is 0 Å². The molecular weight excluding hydrogens is 224 g/mol. The monoisotopic (exact) mass is 254 g/mol. The van der Waals surface area contributed by atoms with E-state index in [4.69, 9.17) is 4.74 Å². The zero-order valence-electron chi connectivity index (χ0n) is 12.2. The first-order valence-corrected chi connectivity index (χ1v) is 7.90. The molecule has 3 atom stereocenters. The molecule has 2 fully saturated rings. The minimum Gasteiger partial charge on any atom is -0.380 e. The van der Waals surface area contributed by atoms with Crippen LogP contribution in [0.3, 0.4) is 0 Å². The molecule has 3 nitrogen and oxygen atoms in total. The molecule has 1 saturated heterocycles. The minimum absolute atomic E-state index is 0.705. The predicted molar refractivity (Wildman–Crippen MR) is 75.9 cm³/mol. The van der Waals surface area contributed by atoms with Crippen molar-refractivity contribution in [3.05, 3.63) is 0 Å². The van der Waals surface area contributed by atoms with Crippen LogP contribution in [0, 0.1) is 5.92 Å². The Balaban J connectivity index is 1.98. The van der Waals surface area contributed by atoms with Gasteiger partial charge in [0.25, 0.3) is 0 Å². The second kappa shape index (κ2) is 7.46. The van der Waals surface area contributed by atoms with Crippen LogP contribution in [0.1, 0.15) is 46.0 Å². The van der Waals surface area contributed by atoms with Crippen LogP contribution in [0.25, 0.3) is 0 Å². The fourth-order valence-corrected chi connectivity index (χ4v) is 3.60. The van der Waals surface area contributed by atoms with Crippen molar-refractivity contribution < 1.29 is 4.74 Å². The van der Waals surface area contributed by atoms with Crippen molar-refractivity contribution in [1.29, 1.82) is 0 Å². The van der Waals surface area contributed by atoms with Crippen molar-refractivity contribution in [3.63, 3.8) is 0 Å². The normalized spacial score (nSPS) is 35.3. The van der Waals surface area contributed by atoms with Gasteiger partial charge in [-0.1, -0.05) is 20.3 Å². The van der Waals surface area contributed by atoms with E-state index in [-0.39, 0.29) is 0 Å². The Hall–Kier alpha value is -0.120. The molecule has 1 aliphatic heterocycles. The molecule has 0 aromatic rings. The van der Waals surface area contributed by atoms with Crippen molar-refractivity contribution in [2.75, 3.05) is 32.8 Å². The van der Waals surface area contributed by atoms with Crippen LogP contribution < -0.4 is 5.32 Å². The largest absolute Gasteiger partial charge is 0.380 e. The third-order valence-corrected chi connectivity index (χ3v) is 4.69. The third-order valence-electron chi connectivity index (χ3n) is 4.69. The molecule has 0 aromatic carbocycles. The molecule has 106 valence electrons. The minimum atomic E-state index is 0.705.